The molecule has 2 aromatic rings. The Morgan fingerprint density at radius 3 is 2.53 bits per heavy atom. The minimum absolute atomic E-state index is 0.0708. The van der Waals surface area contributed by atoms with Crippen LogP contribution in [0.5, 0.6) is 0 Å². The largest absolute Gasteiger partial charge is 0.278 e. The van der Waals surface area contributed by atoms with E-state index in [0.717, 1.165) is 18.2 Å². The van der Waals surface area contributed by atoms with E-state index in [1.165, 1.54) is 12.3 Å². The standard InChI is InChI=1S/C9H7F2N3O2S/c10-7-2-1-6(5-8(7)11)14-17(15,16)9-3-4-12-13-9/h1-5,14H,(H,12,13). The summed E-state index contributed by atoms with van der Waals surface area (Å²) in [5.41, 5.74) is -0.0708. The van der Waals surface area contributed by atoms with E-state index >= 15 is 0 Å². The summed E-state index contributed by atoms with van der Waals surface area (Å²) in [5.74, 6) is -2.18. The topological polar surface area (TPSA) is 74.8 Å². The molecular weight excluding hydrogens is 252 g/mol. The molecule has 5 nitrogen and oxygen atoms in total. The Balaban J connectivity index is 2.30. The van der Waals surface area contributed by atoms with Crippen LogP contribution in [0.25, 0.3) is 0 Å². The summed E-state index contributed by atoms with van der Waals surface area (Å²) in [7, 11) is -3.86. The second-order valence-electron chi connectivity index (χ2n) is 3.16. The summed E-state index contributed by atoms with van der Waals surface area (Å²) in [5, 5.41) is 5.57. The molecule has 0 amide bonds. The molecule has 0 saturated heterocycles. The highest BCUT2D eigenvalue weighted by atomic mass is 32.2. The van der Waals surface area contributed by atoms with E-state index < -0.39 is 21.7 Å². The maximum Gasteiger partial charge on any atom is 0.278 e. The van der Waals surface area contributed by atoms with Crippen LogP contribution in [0, 0.1) is 11.6 Å². The number of nitrogens with zero attached hydrogens (tertiary/aromatic N) is 1. The van der Waals surface area contributed by atoms with Crippen molar-refractivity contribution in [2.24, 2.45) is 0 Å². The minimum atomic E-state index is -3.86. The predicted octanol–water partition coefficient (Wildman–Crippen LogP) is 1.49. The summed E-state index contributed by atoms with van der Waals surface area (Å²) in [6.07, 6.45) is 1.26. The Hall–Kier alpha value is -1.96. The number of nitrogens with one attached hydrogen (secondary N) is 2. The van der Waals surface area contributed by atoms with Gasteiger partial charge in [0, 0.05) is 6.07 Å². The van der Waals surface area contributed by atoms with Gasteiger partial charge in [-0.25, -0.2) is 8.78 Å². The summed E-state index contributed by atoms with van der Waals surface area (Å²) in [6, 6.07) is 3.94. The number of benzene rings is 1. The third-order valence-electron chi connectivity index (χ3n) is 1.94. The number of sulfonamides is 1. The summed E-state index contributed by atoms with van der Waals surface area (Å²) >= 11 is 0. The zero-order valence-electron chi connectivity index (χ0n) is 8.31. The fraction of sp³-hybridized carbons (Fsp3) is 0. The molecule has 0 aliphatic heterocycles. The van der Waals surface area contributed by atoms with Gasteiger partial charge in [0.05, 0.1) is 11.9 Å². The molecule has 17 heavy (non-hydrogen) atoms. The number of halogens is 2. The highest BCUT2D eigenvalue weighted by molar-refractivity contribution is 7.92. The zero-order valence-corrected chi connectivity index (χ0v) is 9.13. The molecule has 0 unspecified atom stereocenters. The number of anilines is 1. The van der Waals surface area contributed by atoms with E-state index in [9.17, 15) is 17.2 Å². The third kappa shape index (κ3) is 2.41. The first kappa shape index (κ1) is 11.5. The molecule has 2 N–H and O–H groups in total. The van der Waals surface area contributed by atoms with Crippen LogP contribution < -0.4 is 4.72 Å². The minimum Gasteiger partial charge on any atom is -0.278 e. The van der Waals surface area contributed by atoms with Crippen molar-refractivity contribution in [3.05, 3.63) is 42.1 Å². The average molecular weight is 259 g/mol. The van der Waals surface area contributed by atoms with Crippen molar-refractivity contribution < 1.29 is 17.2 Å². The molecule has 0 aliphatic carbocycles. The Kier molecular flexibility index (Phi) is 2.80. The van der Waals surface area contributed by atoms with E-state index in [1.54, 1.807) is 0 Å². The fourth-order valence-electron chi connectivity index (χ4n) is 1.16. The van der Waals surface area contributed by atoms with Crippen molar-refractivity contribution in [2.75, 3.05) is 4.72 Å². The van der Waals surface area contributed by atoms with Gasteiger partial charge in [-0.1, -0.05) is 0 Å². The normalized spacial score (nSPS) is 11.4. The molecule has 1 aromatic heterocycles. The van der Waals surface area contributed by atoms with Crippen LogP contribution >= 0.6 is 0 Å². The van der Waals surface area contributed by atoms with Gasteiger partial charge in [0.2, 0.25) is 0 Å². The maximum atomic E-state index is 12.9. The first-order chi connectivity index (χ1) is 7.99. The second-order valence-corrected chi connectivity index (χ2v) is 4.81. The van der Waals surface area contributed by atoms with Crippen LogP contribution in [0.3, 0.4) is 0 Å². The number of H-pyrrole nitrogens is 1. The molecule has 90 valence electrons. The van der Waals surface area contributed by atoms with Crippen molar-refractivity contribution in [1.82, 2.24) is 10.2 Å². The predicted molar refractivity (Wildman–Crippen MR) is 55.8 cm³/mol. The van der Waals surface area contributed by atoms with Crippen LogP contribution in [-0.4, -0.2) is 18.6 Å². The third-order valence-corrected chi connectivity index (χ3v) is 3.25. The summed E-state index contributed by atoms with van der Waals surface area (Å²) in [4.78, 5) is 0. The number of hydrogen-bond donors (Lipinski definition) is 2. The fourth-order valence-corrected chi connectivity index (χ4v) is 2.12. The van der Waals surface area contributed by atoms with Crippen LogP contribution in [-0.2, 0) is 10.0 Å². The quantitative estimate of drug-likeness (QED) is 0.876. The highest BCUT2D eigenvalue weighted by Crippen LogP contribution is 2.16. The molecule has 0 aliphatic rings. The van der Waals surface area contributed by atoms with Crippen molar-refractivity contribution in [3.63, 3.8) is 0 Å². The molecule has 0 saturated carbocycles. The van der Waals surface area contributed by atoms with Crippen LogP contribution in [0.4, 0.5) is 14.5 Å². The van der Waals surface area contributed by atoms with Gasteiger partial charge in [0.1, 0.15) is 0 Å². The summed E-state index contributed by atoms with van der Waals surface area (Å²) in [6.45, 7) is 0. The van der Waals surface area contributed by atoms with E-state index in [0.29, 0.717) is 0 Å². The van der Waals surface area contributed by atoms with Gasteiger partial charge in [-0.05, 0) is 18.2 Å². The lowest BCUT2D eigenvalue weighted by Gasteiger charge is -2.06. The van der Waals surface area contributed by atoms with Gasteiger partial charge in [0.15, 0.2) is 16.7 Å². The van der Waals surface area contributed by atoms with Gasteiger partial charge in [-0.3, -0.25) is 9.82 Å². The van der Waals surface area contributed by atoms with Crippen molar-refractivity contribution in [1.29, 1.82) is 0 Å². The Labute approximate surface area is 95.5 Å². The van der Waals surface area contributed by atoms with Gasteiger partial charge >= 0.3 is 0 Å². The molecule has 8 heteroatoms. The molecule has 1 heterocycles. The molecule has 1 aromatic carbocycles. The van der Waals surface area contributed by atoms with Gasteiger partial charge in [-0.15, -0.1) is 0 Å². The van der Waals surface area contributed by atoms with Gasteiger partial charge in [-0.2, -0.15) is 13.5 Å². The first-order valence-electron chi connectivity index (χ1n) is 4.46. The first-order valence-corrected chi connectivity index (χ1v) is 5.94. The number of aromatic nitrogens is 2. The summed E-state index contributed by atoms with van der Waals surface area (Å²) < 4.78 is 50.9. The smallest absolute Gasteiger partial charge is 0.278 e. The van der Waals surface area contributed by atoms with E-state index in [1.807, 2.05) is 0 Å². The Bertz CT molecular complexity index is 626. The van der Waals surface area contributed by atoms with Crippen molar-refractivity contribution in [2.45, 2.75) is 5.03 Å². The molecule has 0 radical (unpaired) electrons. The molecule has 0 fully saturated rings. The molecule has 2 rings (SSSR count). The number of rotatable bonds is 3. The van der Waals surface area contributed by atoms with Crippen molar-refractivity contribution in [3.8, 4) is 0 Å². The number of hydrogen-bond acceptors (Lipinski definition) is 3. The Morgan fingerprint density at radius 1 is 1.18 bits per heavy atom. The zero-order chi connectivity index (χ0) is 12.5. The number of aromatic amines is 1. The SMILES string of the molecule is O=S(=O)(Nc1ccc(F)c(F)c1)c1ccn[nH]1. The monoisotopic (exact) mass is 259 g/mol. The molecular formula is C9H7F2N3O2S. The highest BCUT2D eigenvalue weighted by Gasteiger charge is 2.16. The average Bonchev–Trinajstić information content (AvgIpc) is 2.77. The van der Waals surface area contributed by atoms with E-state index in [-0.39, 0.29) is 10.7 Å². The lowest BCUT2D eigenvalue weighted by atomic mass is 10.3. The van der Waals surface area contributed by atoms with E-state index in [2.05, 4.69) is 14.9 Å². The molecule has 0 atom stereocenters. The van der Waals surface area contributed by atoms with Gasteiger partial charge < -0.3 is 0 Å². The van der Waals surface area contributed by atoms with Crippen LogP contribution in [0.1, 0.15) is 0 Å². The molecule has 0 spiro atoms. The Morgan fingerprint density at radius 2 is 1.94 bits per heavy atom. The molecule has 0 bridgehead atoms. The van der Waals surface area contributed by atoms with Gasteiger partial charge in [0.25, 0.3) is 10.0 Å². The van der Waals surface area contributed by atoms with E-state index in [4.69, 9.17) is 0 Å². The van der Waals surface area contributed by atoms with Crippen molar-refractivity contribution >= 4 is 15.7 Å². The lowest BCUT2D eigenvalue weighted by Crippen LogP contribution is -2.13. The van der Waals surface area contributed by atoms with Crippen LogP contribution in [0.15, 0.2) is 35.5 Å². The van der Waals surface area contributed by atoms with Crippen LogP contribution in [0.2, 0.25) is 0 Å². The lowest BCUT2D eigenvalue weighted by molar-refractivity contribution is 0.509. The maximum absolute atomic E-state index is 12.9. The second kappa shape index (κ2) is 4.13.